The van der Waals surface area contributed by atoms with E-state index < -0.39 is 18.5 Å². The highest BCUT2D eigenvalue weighted by atomic mass is 19.1. The fourth-order valence-electron chi connectivity index (χ4n) is 6.01. The van der Waals surface area contributed by atoms with Gasteiger partial charge in [-0.2, -0.15) is 5.10 Å². The second-order valence-electron chi connectivity index (χ2n) is 11.4. The van der Waals surface area contributed by atoms with Crippen molar-refractivity contribution in [2.24, 2.45) is 5.92 Å². The number of aromatic amines is 1. The van der Waals surface area contributed by atoms with Crippen LogP contribution >= 0.6 is 0 Å². The average Bonchev–Trinajstić information content (AvgIpc) is 3.43. The van der Waals surface area contributed by atoms with E-state index in [0.717, 1.165) is 35.6 Å². The lowest BCUT2D eigenvalue weighted by Crippen LogP contribution is -2.50. The van der Waals surface area contributed by atoms with Gasteiger partial charge in [-0.3, -0.25) is 14.7 Å². The summed E-state index contributed by atoms with van der Waals surface area (Å²) in [5, 5.41) is 20.2. The van der Waals surface area contributed by atoms with Crippen molar-refractivity contribution in [3.05, 3.63) is 59.2 Å². The van der Waals surface area contributed by atoms with Crippen LogP contribution in [0.25, 0.3) is 11.3 Å². The highest BCUT2D eigenvalue weighted by Crippen LogP contribution is 2.50. The van der Waals surface area contributed by atoms with E-state index >= 15 is 0 Å². The predicted molar refractivity (Wildman–Crippen MR) is 144 cm³/mol. The number of carbonyl (C=O) groups is 2. The van der Waals surface area contributed by atoms with Crippen molar-refractivity contribution in [3.8, 4) is 17.1 Å². The van der Waals surface area contributed by atoms with E-state index in [4.69, 9.17) is 9.39 Å². The first-order valence-corrected chi connectivity index (χ1v) is 13.4. The van der Waals surface area contributed by atoms with E-state index in [0.29, 0.717) is 25.9 Å². The minimum atomic E-state index is -0.977. The number of hydrogen-bond acceptors (Lipinski definition) is 7. The number of methoxy groups -OCH3 is 1. The molecule has 2 amide bonds. The molecule has 3 N–H and O–H groups in total. The maximum absolute atomic E-state index is 14.4. The molecule has 12 heteroatoms. The maximum atomic E-state index is 14.4. The Morgan fingerprint density at radius 3 is 2.85 bits per heavy atom. The molecule has 1 aliphatic carbocycles. The summed E-state index contributed by atoms with van der Waals surface area (Å²) in [5.74, 6) is -0.772. The standard InChI is InChI=1S/C28H31BFN5O5/c1-27(2)19-5-4-16(10-20(19)29(38)40-27)14-32-25(36)17-6-9-35(28(13-17)7-8-28)26(37)23-12-22(33-34-23)18-11-24(39-3)31-15-21(18)30/h4-5,10-12,15,17,38H,6-9,13-14H2,1-3H3,(H,32,36)(H,33,34)/t17-/m0/s1. The van der Waals surface area contributed by atoms with E-state index in [1.165, 1.54) is 19.2 Å². The third kappa shape index (κ3) is 4.64. The zero-order valence-electron chi connectivity index (χ0n) is 22.7. The normalized spacial score (nSPS) is 20.4. The number of ether oxygens (including phenoxy) is 1. The average molecular weight is 547 g/mol. The van der Waals surface area contributed by atoms with Gasteiger partial charge in [-0.25, -0.2) is 9.37 Å². The molecule has 1 saturated carbocycles. The van der Waals surface area contributed by atoms with E-state index in [2.05, 4.69) is 20.5 Å². The maximum Gasteiger partial charge on any atom is 0.492 e. The lowest BCUT2D eigenvalue weighted by Gasteiger charge is -2.39. The first-order chi connectivity index (χ1) is 19.1. The minimum absolute atomic E-state index is 0.0399. The molecular formula is C28H31BFN5O5. The zero-order valence-corrected chi connectivity index (χ0v) is 22.7. The van der Waals surface area contributed by atoms with Crippen molar-refractivity contribution in [1.82, 2.24) is 25.4 Å². The van der Waals surface area contributed by atoms with Crippen LogP contribution in [0.1, 0.15) is 61.1 Å². The number of carbonyl (C=O) groups excluding carboxylic acids is 2. The lowest BCUT2D eigenvalue weighted by molar-refractivity contribution is -0.127. The van der Waals surface area contributed by atoms with E-state index in [1.54, 1.807) is 0 Å². The van der Waals surface area contributed by atoms with Crippen LogP contribution < -0.4 is 15.5 Å². The van der Waals surface area contributed by atoms with Crippen LogP contribution in [0.2, 0.25) is 0 Å². The number of fused-ring (bicyclic) bond motifs is 1. The lowest BCUT2D eigenvalue weighted by atomic mass is 9.77. The number of amides is 2. The summed E-state index contributed by atoms with van der Waals surface area (Å²) >= 11 is 0. The third-order valence-electron chi connectivity index (χ3n) is 8.37. The van der Waals surface area contributed by atoms with Crippen molar-refractivity contribution in [2.45, 2.75) is 57.2 Å². The summed E-state index contributed by atoms with van der Waals surface area (Å²) in [5.41, 5.74) is 2.40. The summed E-state index contributed by atoms with van der Waals surface area (Å²) in [6, 6.07) is 8.74. The largest absolute Gasteiger partial charge is 0.492 e. The Hall–Kier alpha value is -3.77. The molecule has 1 spiro atoms. The van der Waals surface area contributed by atoms with Gasteiger partial charge in [0.15, 0.2) is 5.82 Å². The van der Waals surface area contributed by atoms with Gasteiger partial charge in [-0.05, 0) is 62.2 Å². The Kier molecular flexibility index (Phi) is 6.42. The molecule has 10 nitrogen and oxygen atoms in total. The molecule has 208 valence electrons. The van der Waals surface area contributed by atoms with Crippen molar-refractivity contribution in [1.29, 1.82) is 0 Å². The van der Waals surface area contributed by atoms with Gasteiger partial charge in [0.05, 0.1) is 24.6 Å². The number of nitrogens with one attached hydrogen (secondary N) is 2. The zero-order chi connectivity index (χ0) is 28.2. The van der Waals surface area contributed by atoms with Crippen LogP contribution in [0.5, 0.6) is 5.88 Å². The van der Waals surface area contributed by atoms with Gasteiger partial charge in [0, 0.05) is 36.2 Å². The number of likely N-dealkylation sites (tertiary alicyclic amines) is 1. The first kappa shape index (κ1) is 26.5. The summed E-state index contributed by atoms with van der Waals surface area (Å²) < 4.78 is 25.1. The third-order valence-corrected chi connectivity index (χ3v) is 8.37. The number of benzene rings is 1. The number of piperidine rings is 1. The molecule has 0 bridgehead atoms. The molecule has 2 aromatic heterocycles. The minimum Gasteiger partial charge on any atom is -0.481 e. The molecule has 1 atom stereocenters. The Bertz CT molecular complexity index is 1490. The van der Waals surface area contributed by atoms with Crippen molar-refractivity contribution < 1.29 is 28.4 Å². The Labute approximate surface area is 231 Å². The fraction of sp³-hybridized carbons (Fsp3) is 0.429. The van der Waals surface area contributed by atoms with E-state index in [9.17, 15) is 19.0 Å². The molecule has 2 aliphatic heterocycles. The second kappa shape index (κ2) is 9.70. The SMILES string of the molecule is COc1cc(-c2cc(C(=O)N3CC[C@H](C(=O)NCc4ccc5c(c4)B(O)OC5(C)C)CC34CC4)[nH]n2)c(F)cn1. The number of nitrogens with zero attached hydrogens (tertiary/aromatic N) is 3. The molecule has 3 aromatic rings. The molecule has 6 rings (SSSR count). The number of pyridine rings is 1. The number of H-pyrrole nitrogens is 1. The Balaban J connectivity index is 1.09. The fourth-order valence-corrected chi connectivity index (χ4v) is 6.01. The Morgan fingerprint density at radius 2 is 2.10 bits per heavy atom. The monoisotopic (exact) mass is 547 g/mol. The molecule has 2 fully saturated rings. The van der Waals surface area contributed by atoms with Gasteiger partial charge < -0.3 is 24.6 Å². The van der Waals surface area contributed by atoms with Crippen LogP contribution in [0.4, 0.5) is 4.39 Å². The van der Waals surface area contributed by atoms with Gasteiger partial charge >= 0.3 is 7.12 Å². The van der Waals surface area contributed by atoms with Gasteiger partial charge in [0.1, 0.15) is 5.69 Å². The molecule has 40 heavy (non-hydrogen) atoms. The molecule has 0 radical (unpaired) electrons. The molecule has 0 unspecified atom stereocenters. The highest BCUT2D eigenvalue weighted by molar-refractivity contribution is 6.62. The first-order valence-electron chi connectivity index (χ1n) is 13.4. The van der Waals surface area contributed by atoms with Crippen LogP contribution in [0, 0.1) is 11.7 Å². The van der Waals surface area contributed by atoms with Gasteiger partial charge in [0.25, 0.3) is 5.91 Å². The highest BCUT2D eigenvalue weighted by Gasteiger charge is 2.54. The van der Waals surface area contributed by atoms with Crippen molar-refractivity contribution >= 4 is 24.4 Å². The number of aromatic nitrogens is 3. The van der Waals surface area contributed by atoms with Gasteiger partial charge in [0.2, 0.25) is 11.8 Å². The van der Waals surface area contributed by atoms with E-state index in [-0.39, 0.29) is 46.1 Å². The van der Waals surface area contributed by atoms with Gasteiger partial charge in [-0.1, -0.05) is 18.2 Å². The summed E-state index contributed by atoms with van der Waals surface area (Å²) in [6.07, 6.45) is 3.85. The summed E-state index contributed by atoms with van der Waals surface area (Å²) in [6.45, 7) is 4.62. The van der Waals surface area contributed by atoms with Gasteiger partial charge in [-0.15, -0.1) is 0 Å². The molecule has 4 heterocycles. The van der Waals surface area contributed by atoms with Crippen molar-refractivity contribution in [2.75, 3.05) is 13.7 Å². The second-order valence-corrected chi connectivity index (χ2v) is 11.4. The van der Waals surface area contributed by atoms with Crippen LogP contribution in [-0.2, 0) is 21.6 Å². The molecule has 1 saturated heterocycles. The Morgan fingerprint density at radius 1 is 1.30 bits per heavy atom. The summed E-state index contributed by atoms with van der Waals surface area (Å²) in [4.78, 5) is 32.3. The quantitative estimate of drug-likeness (QED) is 0.404. The predicted octanol–water partition coefficient (Wildman–Crippen LogP) is 2.27. The summed E-state index contributed by atoms with van der Waals surface area (Å²) in [7, 11) is 0.464. The number of rotatable bonds is 6. The number of halogens is 1. The van der Waals surface area contributed by atoms with Crippen LogP contribution in [0.15, 0.2) is 36.5 Å². The van der Waals surface area contributed by atoms with Crippen LogP contribution in [0.3, 0.4) is 0 Å². The van der Waals surface area contributed by atoms with Crippen molar-refractivity contribution in [3.63, 3.8) is 0 Å². The van der Waals surface area contributed by atoms with E-state index in [1.807, 2.05) is 36.9 Å². The molecule has 3 aliphatic rings. The van der Waals surface area contributed by atoms with Crippen LogP contribution in [-0.4, -0.2) is 63.2 Å². The topological polar surface area (TPSA) is 130 Å². The molecular weight excluding hydrogens is 516 g/mol. The molecule has 1 aromatic carbocycles. The number of hydrogen-bond donors (Lipinski definition) is 3. The smallest absolute Gasteiger partial charge is 0.481 e.